The van der Waals surface area contributed by atoms with Crippen LogP contribution in [-0.4, -0.2) is 9.97 Å². The largest absolute Gasteiger partial charge is 0.398 e. The van der Waals surface area contributed by atoms with E-state index in [9.17, 15) is 0 Å². The van der Waals surface area contributed by atoms with Crippen molar-refractivity contribution in [2.45, 2.75) is 19.4 Å². The number of nitrogens with zero attached hydrogens (tertiary/aromatic N) is 2. The number of aromatic nitrogens is 2. The monoisotopic (exact) mass is 243 g/mol. The van der Waals surface area contributed by atoms with Gasteiger partial charge in [0.05, 0.1) is 11.7 Å². The van der Waals surface area contributed by atoms with Gasteiger partial charge in [-0.2, -0.15) is 0 Å². The van der Waals surface area contributed by atoms with Crippen LogP contribution in [0.5, 0.6) is 0 Å². The molecule has 0 saturated heterocycles. The lowest BCUT2D eigenvalue weighted by Crippen LogP contribution is -2.30. The van der Waals surface area contributed by atoms with Gasteiger partial charge in [0.25, 0.3) is 0 Å². The lowest BCUT2D eigenvalue weighted by atomic mass is 10.0. The van der Waals surface area contributed by atoms with Gasteiger partial charge < -0.3 is 5.73 Å². The average Bonchev–Trinajstić information content (AvgIpc) is 2.38. The maximum Gasteiger partial charge on any atom is 0.0673 e. The third kappa shape index (κ3) is 2.82. The summed E-state index contributed by atoms with van der Waals surface area (Å²) >= 11 is 0. The lowest BCUT2D eigenvalue weighted by molar-refractivity contribution is 0.538. The van der Waals surface area contributed by atoms with Gasteiger partial charge in [0.15, 0.2) is 0 Å². The van der Waals surface area contributed by atoms with Crippen LogP contribution in [0.1, 0.15) is 22.9 Å². The van der Waals surface area contributed by atoms with Gasteiger partial charge in [-0.05, 0) is 42.7 Å². The van der Waals surface area contributed by atoms with Crippen molar-refractivity contribution in [3.05, 3.63) is 53.6 Å². The summed E-state index contributed by atoms with van der Waals surface area (Å²) in [6.07, 6.45) is 5.87. The predicted octanol–water partition coefficient (Wildman–Crippen LogP) is 1.11. The van der Waals surface area contributed by atoms with E-state index < -0.39 is 0 Å². The number of nitrogens with one attached hydrogen (secondary N) is 1. The third-order valence-electron chi connectivity index (χ3n) is 2.86. The molecule has 0 spiro atoms. The maximum absolute atomic E-state index is 5.90. The first kappa shape index (κ1) is 12.5. The first-order valence-electron chi connectivity index (χ1n) is 5.77. The summed E-state index contributed by atoms with van der Waals surface area (Å²) in [5, 5.41) is 0. The van der Waals surface area contributed by atoms with Gasteiger partial charge in [-0.15, -0.1) is 0 Å². The second-order valence-corrected chi connectivity index (χ2v) is 4.26. The molecular weight excluding hydrogens is 226 g/mol. The Labute approximate surface area is 106 Å². The molecule has 0 saturated carbocycles. The number of hydrazine groups is 1. The van der Waals surface area contributed by atoms with Gasteiger partial charge in [0.2, 0.25) is 0 Å². The first-order chi connectivity index (χ1) is 8.70. The van der Waals surface area contributed by atoms with Gasteiger partial charge >= 0.3 is 0 Å². The summed E-state index contributed by atoms with van der Waals surface area (Å²) in [5.74, 6) is 5.60. The molecule has 0 aliphatic rings. The minimum absolute atomic E-state index is 0.0728. The van der Waals surface area contributed by atoms with Crippen molar-refractivity contribution in [1.29, 1.82) is 0 Å². The second-order valence-electron chi connectivity index (χ2n) is 4.26. The molecule has 0 fully saturated rings. The molecule has 0 radical (unpaired) electrons. The Bertz CT molecular complexity index is 526. The number of nitrogens with two attached hydrogens (primary N) is 2. The number of pyridine rings is 2. The van der Waals surface area contributed by atoms with Crippen LogP contribution in [0.2, 0.25) is 0 Å². The summed E-state index contributed by atoms with van der Waals surface area (Å²) in [7, 11) is 0. The van der Waals surface area contributed by atoms with Crippen LogP contribution in [0.25, 0.3) is 0 Å². The number of hydrogen-bond acceptors (Lipinski definition) is 5. The maximum atomic E-state index is 5.90. The number of aryl methyl sites for hydroxylation is 1. The summed E-state index contributed by atoms with van der Waals surface area (Å²) < 4.78 is 0. The average molecular weight is 243 g/mol. The van der Waals surface area contributed by atoms with Gasteiger partial charge in [0.1, 0.15) is 0 Å². The Kier molecular flexibility index (Phi) is 3.86. The summed E-state index contributed by atoms with van der Waals surface area (Å²) in [6.45, 7) is 2.02. The van der Waals surface area contributed by atoms with Crippen molar-refractivity contribution in [3.63, 3.8) is 0 Å². The number of rotatable bonds is 4. The molecule has 0 aliphatic carbocycles. The molecule has 2 aromatic heterocycles. The van der Waals surface area contributed by atoms with Crippen molar-refractivity contribution in [2.24, 2.45) is 5.84 Å². The fraction of sp³-hybridized carbons (Fsp3) is 0.231. The minimum Gasteiger partial charge on any atom is -0.398 e. The van der Waals surface area contributed by atoms with E-state index in [2.05, 4.69) is 15.4 Å². The fourth-order valence-electron chi connectivity index (χ4n) is 1.83. The molecule has 2 heterocycles. The van der Waals surface area contributed by atoms with Crippen LogP contribution in [0.3, 0.4) is 0 Å². The Morgan fingerprint density at radius 1 is 1.33 bits per heavy atom. The number of nitrogen functional groups attached to an aromatic ring is 1. The predicted molar refractivity (Wildman–Crippen MR) is 71.4 cm³/mol. The van der Waals surface area contributed by atoms with E-state index in [4.69, 9.17) is 11.6 Å². The van der Waals surface area contributed by atoms with Crippen molar-refractivity contribution >= 4 is 5.69 Å². The van der Waals surface area contributed by atoms with Crippen molar-refractivity contribution in [1.82, 2.24) is 15.4 Å². The van der Waals surface area contributed by atoms with E-state index in [1.165, 1.54) is 0 Å². The first-order valence-corrected chi connectivity index (χ1v) is 5.77. The zero-order chi connectivity index (χ0) is 13.0. The van der Waals surface area contributed by atoms with Crippen molar-refractivity contribution in [3.8, 4) is 0 Å². The molecule has 1 atom stereocenters. The Balaban J connectivity index is 2.23. The molecule has 0 aromatic carbocycles. The number of hydrogen-bond donors (Lipinski definition) is 3. The highest BCUT2D eigenvalue weighted by atomic mass is 15.2. The topological polar surface area (TPSA) is 89.8 Å². The molecule has 94 valence electrons. The van der Waals surface area contributed by atoms with E-state index in [1.54, 1.807) is 24.7 Å². The van der Waals surface area contributed by atoms with E-state index in [1.807, 2.05) is 19.1 Å². The second kappa shape index (κ2) is 5.57. The Hall–Kier alpha value is -1.98. The molecule has 0 bridgehead atoms. The normalized spacial score (nSPS) is 12.3. The molecule has 18 heavy (non-hydrogen) atoms. The highest BCUT2D eigenvalue weighted by molar-refractivity contribution is 5.45. The highest BCUT2D eigenvalue weighted by Gasteiger charge is 2.13. The van der Waals surface area contributed by atoms with Crippen LogP contribution in [0.15, 0.2) is 36.8 Å². The fourth-order valence-corrected chi connectivity index (χ4v) is 1.83. The quantitative estimate of drug-likeness (QED) is 0.553. The molecule has 5 nitrogen and oxygen atoms in total. The van der Waals surface area contributed by atoms with Crippen LogP contribution in [0.4, 0.5) is 5.69 Å². The SMILES string of the molecule is Cc1ccnc(C(Cc2cnccc2N)NN)c1. The van der Waals surface area contributed by atoms with Gasteiger partial charge in [0, 0.05) is 24.3 Å². The Morgan fingerprint density at radius 3 is 2.83 bits per heavy atom. The van der Waals surface area contributed by atoms with Crippen molar-refractivity contribution in [2.75, 3.05) is 5.73 Å². The van der Waals surface area contributed by atoms with Gasteiger partial charge in [-0.25, -0.2) is 0 Å². The van der Waals surface area contributed by atoms with Crippen LogP contribution in [0, 0.1) is 6.92 Å². The molecule has 0 aliphatic heterocycles. The van der Waals surface area contributed by atoms with E-state index in [0.717, 1.165) is 22.5 Å². The molecule has 5 N–H and O–H groups in total. The van der Waals surface area contributed by atoms with Crippen LogP contribution < -0.4 is 17.0 Å². The standard InChI is InChI=1S/C13H17N5/c1-9-2-5-17-12(6-9)13(18-15)7-10-8-16-4-3-11(10)14/h2-6,8,13,18H,7,15H2,1H3,(H2,14,16). The number of anilines is 1. The van der Waals surface area contributed by atoms with Gasteiger partial charge in [-0.3, -0.25) is 21.2 Å². The lowest BCUT2D eigenvalue weighted by Gasteiger charge is -2.16. The third-order valence-corrected chi connectivity index (χ3v) is 2.86. The van der Waals surface area contributed by atoms with Crippen molar-refractivity contribution < 1.29 is 0 Å². The van der Waals surface area contributed by atoms with Crippen LogP contribution in [-0.2, 0) is 6.42 Å². The van der Waals surface area contributed by atoms with E-state index in [-0.39, 0.29) is 6.04 Å². The van der Waals surface area contributed by atoms with E-state index >= 15 is 0 Å². The van der Waals surface area contributed by atoms with Crippen LogP contribution >= 0.6 is 0 Å². The molecule has 2 rings (SSSR count). The molecule has 5 heteroatoms. The van der Waals surface area contributed by atoms with Gasteiger partial charge in [-0.1, -0.05) is 0 Å². The molecule has 1 unspecified atom stereocenters. The summed E-state index contributed by atoms with van der Waals surface area (Å²) in [5.41, 5.74) is 12.4. The zero-order valence-electron chi connectivity index (χ0n) is 10.3. The molecule has 0 amide bonds. The molecular formula is C13H17N5. The summed E-state index contributed by atoms with van der Waals surface area (Å²) in [6, 6.07) is 5.68. The molecule has 2 aromatic rings. The minimum atomic E-state index is -0.0728. The van der Waals surface area contributed by atoms with E-state index in [0.29, 0.717) is 6.42 Å². The zero-order valence-corrected chi connectivity index (χ0v) is 10.3. The summed E-state index contributed by atoms with van der Waals surface area (Å²) in [4.78, 5) is 8.41. The smallest absolute Gasteiger partial charge is 0.0673 e. The highest BCUT2D eigenvalue weighted by Crippen LogP contribution is 2.19. The Morgan fingerprint density at radius 2 is 2.17 bits per heavy atom.